The van der Waals surface area contributed by atoms with Crippen molar-refractivity contribution in [3.8, 4) is 0 Å². The summed E-state index contributed by atoms with van der Waals surface area (Å²) in [6, 6.07) is 10.2. The molecule has 0 bridgehead atoms. The lowest BCUT2D eigenvalue weighted by molar-refractivity contribution is -0.136. The van der Waals surface area contributed by atoms with Gasteiger partial charge < -0.3 is 0 Å². The normalized spacial score (nSPS) is 28.5. The van der Waals surface area contributed by atoms with Gasteiger partial charge in [0.05, 0.1) is 6.20 Å². The van der Waals surface area contributed by atoms with E-state index in [9.17, 15) is 9.18 Å². The number of nitrogens with one attached hydrogen (secondary N) is 1. The SMILES string of the molecule is O=C(NO)C1(F)C(c2ccccc2)C1c1cc(C2CC2)ncc1F. The molecular formula is C18H16F2N2O2. The van der Waals surface area contributed by atoms with Crippen LogP contribution in [0.25, 0.3) is 0 Å². The minimum absolute atomic E-state index is 0.145. The van der Waals surface area contributed by atoms with Crippen LogP contribution in [0.15, 0.2) is 42.6 Å². The van der Waals surface area contributed by atoms with Crippen molar-refractivity contribution in [1.82, 2.24) is 10.5 Å². The van der Waals surface area contributed by atoms with Gasteiger partial charge in [-0.2, -0.15) is 0 Å². The Balaban J connectivity index is 1.78. The van der Waals surface area contributed by atoms with Gasteiger partial charge in [-0.05, 0) is 30.0 Å². The van der Waals surface area contributed by atoms with Crippen molar-refractivity contribution >= 4 is 5.91 Å². The van der Waals surface area contributed by atoms with Gasteiger partial charge in [0, 0.05) is 23.4 Å². The zero-order chi connectivity index (χ0) is 16.9. The quantitative estimate of drug-likeness (QED) is 0.668. The zero-order valence-corrected chi connectivity index (χ0v) is 12.7. The van der Waals surface area contributed by atoms with Gasteiger partial charge in [-0.15, -0.1) is 0 Å². The van der Waals surface area contributed by atoms with Crippen LogP contribution in [-0.4, -0.2) is 21.8 Å². The van der Waals surface area contributed by atoms with Crippen molar-refractivity contribution < 1.29 is 18.8 Å². The number of carbonyl (C=O) groups excluding carboxylic acids is 1. The Hall–Kier alpha value is -2.34. The highest BCUT2D eigenvalue weighted by Crippen LogP contribution is 2.66. The van der Waals surface area contributed by atoms with E-state index in [0.29, 0.717) is 11.5 Å². The molecule has 0 spiro atoms. The highest BCUT2D eigenvalue weighted by Gasteiger charge is 2.73. The molecular weight excluding hydrogens is 314 g/mol. The van der Waals surface area contributed by atoms with E-state index < -0.39 is 29.2 Å². The smallest absolute Gasteiger partial charge is 0.282 e. The van der Waals surface area contributed by atoms with Crippen molar-refractivity contribution in [1.29, 1.82) is 0 Å². The molecule has 2 aliphatic carbocycles. The van der Waals surface area contributed by atoms with Gasteiger partial charge in [-0.3, -0.25) is 15.0 Å². The van der Waals surface area contributed by atoms with Crippen molar-refractivity contribution in [3.05, 3.63) is 65.2 Å². The van der Waals surface area contributed by atoms with Crippen LogP contribution in [0.1, 0.15) is 47.4 Å². The number of hydroxylamine groups is 1. The third-order valence-electron chi connectivity index (χ3n) is 4.97. The predicted octanol–water partition coefficient (Wildman–Crippen LogP) is 3.19. The van der Waals surface area contributed by atoms with E-state index in [0.717, 1.165) is 24.7 Å². The molecule has 1 heterocycles. The van der Waals surface area contributed by atoms with Crippen LogP contribution in [0, 0.1) is 5.82 Å². The maximum absolute atomic E-state index is 15.4. The summed E-state index contributed by atoms with van der Waals surface area (Å²) >= 11 is 0. The van der Waals surface area contributed by atoms with Gasteiger partial charge in [0.2, 0.25) is 5.67 Å². The van der Waals surface area contributed by atoms with Crippen LogP contribution in [0.4, 0.5) is 8.78 Å². The highest BCUT2D eigenvalue weighted by molar-refractivity contribution is 5.92. The maximum Gasteiger partial charge on any atom is 0.282 e. The van der Waals surface area contributed by atoms with Gasteiger partial charge in [0.25, 0.3) is 5.91 Å². The molecule has 3 atom stereocenters. The molecule has 6 heteroatoms. The Bertz CT molecular complexity index is 795. The van der Waals surface area contributed by atoms with Crippen LogP contribution >= 0.6 is 0 Å². The number of pyridine rings is 1. The minimum Gasteiger partial charge on any atom is -0.289 e. The van der Waals surface area contributed by atoms with Crippen molar-refractivity contribution in [3.63, 3.8) is 0 Å². The van der Waals surface area contributed by atoms with Crippen molar-refractivity contribution in [2.24, 2.45) is 0 Å². The van der Waals surface area contributed by atoms with E-state index in [1.807, 2.05) is 0 Å². The first-order chi connectivity index (χ1) is 11.6. The van der Waals surface area contributed by atoms with Gasteiger partial charge >= 0.3 is 0 Å². The molecule has 0 aliphatic heterocycles. The molecule has 2 N–H and O–H groups in total. The van der Waals surface area contributed by atoms with Gasteiger partial charge in [0.1, 0.15) is 5.82 Å². The Morgan fingerprint density at radius 2 is 1.96 bits per heavy atom. The average Bonchev–Trinajstić information content (AvgIpc) is 3.51. The van der Waals surface area contributed by atoms with Gasteiger partial charge in [0.15, 0.2) is 0 Å². The van der Waals surface area contributed by atoms with Crippen LogP contribution in [0.3, 0.4) is 0 Å². The molecule has 2 aromatic rings. The molecule has 4 nitrogen and oxygen atoms in total. The lowest BCUT2D eigenvalue weighted by Gasteiger charge is -2.07. The lowest BCUT2D eigenvalue weighted by atomic mass is 10.0. The second kappa shape index (κ2) is 5.34. The van der Waals surface area contributed by atoms with E-state index >= 15 is 4.39 Å². The molecule has 4 rings (SSSR count). The van der Waals surface area contributed by atoms with Crippen molar-refractivity contribution in [2.75, 3.05) is 0 Å². The Kier molecular flexibility index (Phi) is 3.38. The third kappa shape index (κ3) is 2.21. The molecule has 0 saturated heterocycles. The first-order valence-corrected chi connectivity index (χ1v) is 7.91. The standard InChI is InChI=1S/C18H16F2N2O2/c19-13-9-21-14(10-6-7-10)8-12(13)16-15(11-4-2-1-3-5-11)18(16,20)17(23)22-24/h1-5,8-10,15-16,24H,6-7H2,(H,22,23). The zero-order valence-electron chi connectivity index (χ0n) is 12.7. The third-order valence-corrected chi connectivity index (χ3v) is 4.97. The highest BCUT2D eigenvalue weighted by atomic mass is 19.1. The molecule has 1 amide bonds. The molecule has 2 fully saturated rings. The first kappa shape index (κ1) is 15.2. The first-order valence-electron chi connectivity index (χ1n) is 7.91. The number of rotatable bonds is 4. The number of hydrogen-bond acceptors (Lipinski definition) is 3. The summed E-state index contributed by atoms with van der Waals surface area (Å²) in [5.41, 5.74) is 0.482. The number of benzene rings is 1. The molecule has 2 saturated carbocycles. The molecule has 24 heavy (non-hydrogen) atoms. The fraction of sp³-hybridized carbons (Fsp3) is 0.333. The van der Waals surface area contributed by atoms with Crippen molar-refractivity contribution in [2.45, 2.75) is 36.3 Å². The van der Waals surface area contributed by atoms with E-state index in [1.165, 1.54) is 5.48 Å². The molecule has 2 aliphatic rings. The molecule has 1 aromatic carbocycles. The maximum atomic E-state index is 15.4. The van der Waals surface area contributed by atoms with Gasteiger partial charge in [-0.25, -0.2) is 14.3 Å². The number of amides is 1. The number of alkyl halides is 1. The topological polar surface area (TPSA) is 62.2 Å². The summed E-state index contributed by atoms with van der Waals surface area (Å²) in [6.07, 6.45) is 3.08. The molecule has 3 unspecified atom stereocenters. The van der Waals surface area contributed by atoms with E-state index in [2.05, 4.69) is 4.98 Å². The lowest BCUT2D eigenvalue weighted by Crippen LogP contribution is -2.33. The second-order valence-electron chi connectivity index (χ2n) is 6.48. The van der Waals surface area contributed by atoms with Crippen LogP contribution in [0.2, 0.25) is 0 Å². The molecule has 1 aromatic heterocycles. The number of hydrogen-bond donors (Lipinski definition) is 2. The van der Waals surface area contributed by atoms with E-state index in [1.54, 1.807) is 36.4 Å². The summed E-state index contributed by atoms with van der Waals surface area (Å²) in [6.45, 7) is 0. The largest absolute Gasteiger partial charge is 0.289 e. The van der Waals surface area contributed by atoms with Crippen LogP contribution in [-0.2, 0) is 4.79 Å². The Labute approximate surface area is 137 Å². The summed E-state index contributed by atoms with van der Waals surface area (Å²) in [5, 5.41) is 8.92. The Morgan fingerprint density at radius 1 is 1.25 bits per heavy atom. The summed E-state index contributed by atoms with van der Waals surface area (Å²) in [5.74, 6) is -3.30. The van der Waals surface area contributed by atoms with Crippen LogP contribution in [0.5, 0.6) is 0 Å². The second-order valence-corrected chi connectivity index (χ2v) is 6.48. The van der Waals surface area contributed by atoms with Crippen LogP contribution < -0.4 is 5.48 Å². The predicted molar refractivity (Wildman–Crippen MR) is 81.9 cm³/mol. The number of aromatic nitrogens is 1. The summed E-state index contributed by atoms with van der Waals surface area (Å²) < 4.78 is 29.7. The fourth-order valence-corrected chi connectivity index (χ4v) is 3.54. The average molecular weight is 330 g/mol. The fourth-order valence-electron chi connectivity index (χ4n) is 3.54. The monoisotopic (exact) mass is 330 g/mol. The number of nitrogens with zero attached hydrogens (tertiary/aromatic N) is 1. The van der Waals surface area contributed by atoms with Gasteiger partial charge in [-0.1, -0.05) is 30.3 Å². The number of carbonyl (C=O) groups is 1. The Morgan fingerprint density at radius 3 is 2.58 bits per heavy atom. The summed E-state index contributed by atoms with van der Waals surface area (Å²) in [7, 11) is 0. The minimum atomic E-state index is -2.38. The molecule has 124 valence electrons. The number of halogens is 2. The summed E-state index contributed by atoms with van der Waals surface area (Å²) in [4.78, 5) is 16.0. The van der Waals surface area contributed by atoms with E-state index in [-0.39, 0.29) is 5.56 Å². The van der Waals surface area contributed by atoms with E-state index in [4.69, 9.17) is 5.21 Å². The molecule has 0 radical (unpaired) electrons.